The molecule has 58 heavy (non-hydrogen) atoms. The maximum Gasteiger partial charge on any atom is 0.0508 e. The Balaban J connectivity index is 0.995. The highest BCUT2D eigenvalue weighted by Gasteiger charge is 2.40. The lowest BCUT2D eigenvalue weighted by atomic mass is 9.73. The second kappa shape index (κ2) is 15.1. The molecule has 0 atom stereocenters. The first kappa shape index (κ1) is 36.5. The Labute approximate surface area is 345 Å². The maximum atomic E-state index is 2.48. The zero-order valence-corrected chi connectivity index (χ0v) is 34.1. The first-order chi connectivity index (χ1) is 28.5. The van der Waals surface area contributed by atoms with Gasteiger partial charge < -0.3 is 9.80 Å². The molecule has 0 amide bonds. The molecule has 7 aromatic carbocycles. The fraction of sp³-hybridized carbons (Fsp3) is 0.250. The number of nitrogens with zero attached hydrogens (tertiary/aromatic N) is 2. The van der Waals surface area contributed by atoms with E-state index in [1.165, 1.54) is 118 Å². The van der Waals surface area contributed by atoms with Gasteiger partial charge >= 0.3 is 0 Å². The van der Waals surface area contributed by atoms with Crippen molar-refractivity contribution in [3.63, 3.8) is 0 Å². The highest BCUT2D eigenvalue weighted by atomic mass is 15.1. The van der Waals surface area contributed by atoms with E-state index in [9.17, 15) is 0 Å². The highest BCUT2D eigenvalue weighted by molar-refractivity contribution is 5.90. The predicted molar refractivity (Wildman–Crippen MR) is 245 cm³/mol. The molecule has 2 heteroatoms. The van der Waals surface area contributed by atoms with Crippen LogP contribution in [0, 0.1) is 0 Å². The second-order valence-electron chi connectivity index (χ2n) is 17.5. The molecule has 0 unspecified atom stereocenters. The maximum absolute atomic E-state index is 2.48. The van der Waals surface area contributed by atoms with Gasteiger partial charge in [0.15, 0.2) is 0 Å². The molecule has 0 aliphatic heterocycles. The van der Waals surface area contributed by atoms with E-state index in [0.717, 1.165) is 12.8 Å². The van der Waals surface area contributed by atoms with Crippen LogP contribution in [0.1, 0.15) is 105 Å². The largest absolute Gasteiger partial charge is 0.311 e. The number of fused-ring (bicyclic) bond motifs is 3. The minimum absolute atomic E-state index is 0.00844. The van der Waals surface area contributed by atoms with Gasteiger partial charge in [0.25, 0.3) is 0 Å². The lowest BCUT2D eigenvalue weighted by Gasteiger charge is -2.34. The molecule has 0 aromatic heterocycles. The third-order valence-electron chi connectivity index (χ3n) is 13.9. The summed E-state index contributed by atoms with van der Waals surface area (Å²) in [5.74, 6) is 0.703. The Morgan fingerprint density at radius 2 is 0.897 bits per heavy atom. The molecule has 2 nitrogen and oxygen atoms in total. The molecule has 288 valence electrons. The van der Waals surface area contributed by atoms with Crippen LogP contribution in [0.15, 0.2) is 176 Å². The Bertz CT molecular complexity index is 2490. The highest BCUT2D eigenvalue weighted by Crippen LogP contribution is 2.55. The van der Waals surface area contributed by atoms with Crippen molar-refractivity contribution >= 4 is 34.1 Å². The number of para-hydroxylation sites is 2. The summed E-state index contributed by atoms with van der Waals surface area (Å²) in [4.78, 5) is 4.90. The topological polar surface area (TPSA) is 6.48 Å². The number of hydrogen-bond acceptors (Lipinski definition) is 2. The molecule has 0 saturated heterocycles. The fourth-order valence-corrected chi connectivity index (χ4v) is 10.9. The quantitative estimate of drug-likeness (QED) is 0.145. The number of rotatable bonds is 9. The van der Waals surface area contributed by atoms with Crippen molar-refractivity contribution in [1.29, 1.82) is 0 Å². The van der Waals surface area contributed by atoms with E-state index in [2.05, 4.69) is 200 Å². The SMILES string of the molecule is CC1(C)c2ccccc2-c2cccc(N(c3ccccc3)c3ccc(C4(c5ccc(N(c6ccccc6)c6ccc(C7CCCCC7)cc6)cc5)CCCC4)cc3)c21. The van der Waals surface area contributed by atoms with Crippen molar-refractivity contribution in [3.8, 4) is 11.1 Å². The van der Waals surface area contributed by atoms with Crippen molar-refractivity contribution in [3.05, 3.63) is 204 Å². The predicted octanol–water partition coefficient (Wildman–Crippen LogP) is 15.8. The van der Waals surface area contributed by atoms with E-state index < -0.39 is 0 Å². The van der Waals surface area contributed by atoms with E-state index in [0.29, 0.717) is 5.92 Å². The molecule has 10 rings (SSSR count). The molecule has 3 aliphatic rings. The molecular weight excluding hydrogens is 701 g/mol. The number of anilines is 6. The van der Waals surface area contributed by atoms with Gasteiger partial charge in [-0.3, -0.25) is 0 Å². The van der Waals surface area contributed by atoms with Crippen molar-refractivity contribution in [2.45, 2.75) is 88.4 Å². The first-order valence-corrected chi connectivity index (χ1v) is 21.8. The van der Waals surface area contributed by atoms with Gasteiger partial charge in [0.1, 0.15) is 0 Å². The summed E-state index contributed by atoms with van der Waals surface area (Å²) < 4.78 is 0. The monoisotopic (exact) mass is 754 g/mol. The molecule has 0 bridgehead atoms. The molecule has 0 radical (unpaired) electrons. The van der Waals surface area contributed by atoms with E-state index in [4.69, 9.17) is 0 Å². The molecule has 0 N–H and O–H groups in total. The summed E-state index contributed by atoms with van der Waals surface area (Å²) in [6.45, 7) is 4.77. The third kappa shape index (κ3) is 6.34. The van der Waals surface area contributed by atoms with Gasteiger partial charge in [0.05, 0.1) is 5.69 Å². The summed E-state index contributed by atoms with van der Waals surface area (Å²) in [5.41, 5.74) is 16.9. The van der Waals surface area contributed by atoms with E-state index in [1.54, 1.807) is 0 Å². The Hall–Kier alpha value is -5.86. The number of hydrogen-bond donors (Lipinski definition) is 0. The van der Waals surface area contributed by atoms with Crippen LogP contribution < -0.4 is 9.80 Å². The van der Waals surface area contributed by atoms with Gasteiger partial charge in [-0.25, -0.2) is 0 Å². The van der Waals surface area contributed by atoms with Crippen LogP contribution in [0.5, 0.6) is 0 Å². The van der Waals surface area contributed by atoms with Crippen molar-refractivity contribution in [2.24, 2.45) is 0 Å². The van der Waals surface area contributed by atoms with Crippen molar-refractivity contribution < 1.29 is 0 Å². The van der Waals surface area contributed by atoms with Gasteiger partial charge in [0.2, 0.25) is 0 Å². The smallest absolute Gasteiger partial charge is 0.0508 e. The molecule has 0 spiro atoms. The van der Waals surface area contributed by atoms with Crippen molar-refractivity contribution in [1.82, 2.24) is 0 Å². The molecule has 2 saturated carbocycles. The minimum atomic E-state index is -0.121. The molecule has 3 aliphatic carbocycles. The first-order valence-electron chi connectivity index (χ1n) is 21.8. The minimum Gasteiger partial charge on any atom is -0.311 e. The Morgan fingerprint density at radius 3 is 1.50 bits per heavy atom. The van der Waals surface area contributed by atoms with Gasteiger partial charge in [-0.2, -0.15) is 0 Å². The fourth-order valence-electron chi connectivity index (χ4n) is 10.9. The summed E-state index contributed by atoms with van der Waals surface area (Å²) in [5, 5.41) is 0. The average molecular weight is 755 g/mol. The normalized spacial score (nSPS) is 16.7. The van der Waals surface area contributed by atoms with Crippen LogP contribution in [-0.4, -0.2) is 0 Å². The summed E-state index contributed by atoms with van der Waals surface area (Å²) >= 11 is 0. The summed E-state index contributed by atoms with van der Waals surface area (Å²) in [7, 11) is 0. The lowest BCUT2D eigenvalue weighted by molar-refractivity contribution is 0.443. The van der Waals surface area contributed by atoms with E-state index in [-0.39, 0.29) is 10.8 Å². The Morgan fingerprint density at radius 1 is 0.414 bits per heavy atom. The van der Waals surface area contributed by atoms with Gasteiger partial charge in [0, 0.05) is 39.3 Å². The van der Waals surface area contributed by atoms with Crippen LogP contribution in [0.4, 0.5) is 34.1 Å². The van der Waals surface area contributed by atoms with Gasteiger partial charge in [-0.15, -0.1) is 0 Å². The second-order valence-corrected chi connectivity index (χ2v) is 17.5. The summed E-state index contributed by atoms with van der Waals surface area (Å²) in [6.07, 6.45) is 11.6. The van der Waals surface area contributed by atoms with Gasteiger partial charge in [-0.05, 0) is 137 Å². The zero-order valence-electron chi connectivity index (χ0n) is 34.1. The number of benzene rings is 7. The Kier molecular flexibility index (Phi) is 9.52. The molecule has 7 aromatic rings. The standard InChI is InChI=1S/C56H54N2/c1-55(2)52-25-13-12-23-50(52)51-24-16-26-53(54(51)55)58(46-21-10-5-11-22-46)49-37-31-44(32-38-49)56(39-14-15-40-56)43-29-35-48(36-30-43)57(45-19-8-4-9-20-45)47-33-27-42(28-34-47)41-17-6-3-7-18-41/h4-5,8-13,16,19-38,41H,3,6-7,14-15,17-18,39-40H2,1-2H3. The van der Waals surface area contributed by atoms with Crippen molar-refractivity contribution in [2.75, 3.05) is 9.80 Å². The van der Waals surface area contributed by atoms with Crippen LogP contribution in [-0.2, 0) is 10.8 Å². The van der Waals surface area contributed by atoms with Crippen LogP contribution in [0.3, 0.4) is 0 Å². The van der Waals surface area contributed by atoms with E-state index >= 15 is 0 Å². The van der Waals surface area contributed by atoms with Crippen LogP contribution in [0.2, 0.25) is 0 Å². The van der Waals surface area contributed by atoms with Crippen LogP contribution in [0.25, 0.3) is 11.1 Å². The van der Waals surface area contributed by atoms with Gasteiger partial charge in [-0.1, -0.05) is 155 Å². The molecule has 2 fully saturated rings. The molecular formula is C56H54N2. The molecule has 0 heterocycles. The van der Waals surface area contributed by atoms with E-state index in [1.807, 2.05) is 0 Å². The lowest BCUT2D eigenvalue weighted by Crippen LogP contribution is -2.24. The average Bonchev–Trinajstić information content (AvgIpc) is 3.88. The zero-order chi connectivity index (χ0) is 39.1. The third-order valence-corrected chi connectivity index (χ3v) is 13.9. The summed E-state index contributed by atoms with van der Waals surface area (Å²) in [6, 6.07) is 66.2. The van der Waals surface area contributed by atoms with Crippen LogP contribution >= 0.6 is 0 Å².